The predicted molar refractivity (Wildman–Crippen MR) is 335 cm³/mol. The highest BCUT2D eigenvalue weighted by Gasteiger charge is 2.34. The van der Waals surface area contributed by atoms with Crippen LogP contribution in [0.15, 0.2) is 24.3 Å². The van der Waals surface area contributed by atoms with Gasteiger partial charge in [0.05, 0.1) is 13.2 Å². The molecule has 78 heavy (non-hydrogen) atoms. The molecule has 2 aromatic rings. The number of carbonyl (C=O) groups is 2. The van der Waals surface area contributed by atoms with Gasteiger partial charge >= 0.3 is 20.6 Å². The maximum absolute atomic E-state index is 17.0. The molecule has 0 radical (unpaired) electrons. The average Bonchev–Trinajstić information content (AvgIpc) is 3.41. The van der Waals surface area contributed by atoms with Crippen LogP contribution >= 0.6 is 8.69 Å². The van der Waals surface area contributed by atoms with Crippen LogP contribution in [-0.2, 0) is 53.6 Å². The molecule has 0 saturated heterocycles. The first-order valence-corrected chi connectivity index (χ1v) is 33.5. The molecule has 2 rings (SSSR count). The summed E-state index contributed by atoms with van der Waals surface area (Å²) in [5, 5.41) is 0. The van der Waals surface area contributed by atoms with E-state index >= 15 is 4.20 Å². The van der Waals surface area contributed by atoms with Crippen molar-refractivity contribution in [3.8, 4) is 11.5 Å². The van der Waals surface area contributed by atoms with E-state index in [1.54, 1.807) is 0 Å². The molecule has 0 aliphatic carbocycles. The van der Waals surface area contributed by atoms with Crippen LogP contribution in [0.3, 0.4) is 0 Å². The minimum absolute atomic E-state index is 0.178. The molecule has 0 spiro atoms. The number of hydrogen-bond donors (Lipinski definition) is 0. The summed E-state index contributed by atoms with van der Waals surface area (Å²) in [6, 6.07) is 8.33. The van der Waals surface area contributed by atoms with Crippen LogP contribution in [0, 0.1) is 0 Å². The second-order valence-corrected chi connectivity index (χ2v) is 28.3. The van der Waals surface area contributed by atoms with Crippen LogP contribution in [0.2, 0.25) is 0 Å². The van der Waals surface area contributed by atoms with E-state index in [4.69, 9.17) is 18.5 Å². The molecular formula is C70H122FO6P. The van der Waals surface area contributed by atoms with Crippen molar-refractivity contribution in [3.63, 3.8) is 0 Å². The Morgan fingerprint density at radius 3 is 0.769 bits per heavy atom. The van der Waals surface area contributed by atoms with Gasteiger partial charge in [-0.05, 0) is 58.5 Å². The SMILES string of the molecule is CCCCCCCCCCCCCCCCCCOC(=O)CCc1cc(C(C)(C)C)c(OP(F)Oc2c(C(C)(C)C)cc(CCC(=O)OCCCCCCCCCCCCCCCCCC)cc2C(C)(C)C)c(C(C)(C)C)c1. The summed E-state index contributed by atoms with van der Waals surface area (Å²) in [4.78, 5) is 26.0. The predicted octanol–water partition coefficient (Wildman–Crippen LogP) is 23.0. The largest absolute Gasteiger partial charge is 0.505 e. The molecule has 8 heteroatoms. The van der Waals surface area contributed by atoms with Crippen LogP contribution in [0.4, 0.5) is 4.20 Å². The zero-order valence-corrected chi connectivity index (χ0v) is 54.3. The number of ether oxygens (including phenoxy) is 2. The molecule has 450 valence electrons. The van der Waals surface area contributed by atoms with Crippen molar-refractivity contribution in [3.05, 3.63) is 57.6 Å². The normalized spacial score (nSPS) is 12.4. The third-order valence-corrected chi connectivity index (χ3v) is 16.3. The van der Waals surface area contributed by atoms with Gasteiger partial charge in [-0.25, -0.2) is 0 Å². The van der Waals surface area contributed by atoms with Gasteiger partial charge in [-0.3, -0.25) is 9.59 Å². The zero-order valence-electron chi connectivity index (χ0n) is 53.5. The minimum atomic E-state index is -2.93. The lowest BCUT2D eigenvalue weighted by Crippen LogP contribution is -2.21. The highest BCUT2D eigenvalue weighted by Crippen LogP contribution is 2.52. The zero-order chi connectivity index (χ0) is 57.9. The fourth-order valence-corrected chi connectivity index (χ4v) is 11.3. The summed E-state index contributed by atoms with van der Waals surface area (Å²) in [6.07, 6.45) is 43.6. The second-order valence-electron chi connectivity index (χ2n) is 27.5. The fraction of sp³-hybridized carbons (Fsp3) is 0.800. The number of benzene rings is 2. The Morgan fingerprint density at radius 2 is 0.564 bits per heavy atom. The number of esters is 2. The Morgan fingerprint density at radius 1 is 0.359 bits per heavy atom. The molecule has 0 bridgehead atoms. The quantitative estimate of drug-likeness (QED) is 0.0374. The smallest absolute Gasteiger partial charge is 0.466 e. The van der Waals surface area contributed by atoms with E-state index < -0.39 is 30.3 Å². The van der Waals surface area contributed by atoms with Crippen LogP contribution in [0.1, 0.15) is 349 Å². The van der Waals surface area contributed by atoms with E-state index in [1.165, 1.54) is 180 Å². The third kappa shape index (κ3) is 32.1. The minimum Gasteiger partial charge on any atom is -0.466 e. The van der Waals surface area contributed by atoms with Crippen molar-refractivity contribution < 1.29 is 32.3 Å². The molecule has 0 unspecified atom stereocenters. The summed E-state index contributed by atoms with van der Waals surface area (Å²) < 4.78 is 41.2. The molecule has 0 atom stereocenters. The van der Waals surface area contributed by atoms with E-state index in [-0.39, 0.29) is 24.8 Å². The summed E-state index contributed by atoms with van der Waals surface area (Å²) in [6.45, 7) is 30.9. The molecule has 0 heterocycles. The monoisotopic (exact) mass is 1110 g/mol. The van der Waals surface area contributed by atoms with Gasteiger partial charge in [0.1, 0.15) is 11.5 Å². The van der Waals surface area contributed by atoms with Crippen LogP contribution < -0.4 is 9.05 Å². The summed E-state index contributed by atoms with van der Waals surface area (Å²) in [5.74, 6) is 0.649. The maximum atomic E-state index is 17.0. The molecule has 0 aliphatic heterocycles. The molecule has 0 amide bonds. The van der Waals surface area contributed by atoms with Gasteiger partial charge in [0.25, 0.3) is 0 Å². The molecule has 0 aromatic heterocycles. The van der Waals surface area contributed by atoms with Crippen LogP contribution in [0.5, 0.6) is 11.5 Å². The van der Waals surface area contributed by atoms with Gasteiger partial charge in [0, 0.05) is 35.1 Å². The lowest BCUT2D eigenvalue weighted by molar-refractivity contribution is -0.144. The Labute approximate surface area is 482 Å². The third-order valence-electron chi connectivity index (χ3n) is 15.6. The number of aryl methyl sites for hydroxylation is 2. The number of rotatable bonds is 44. The first kappa shape index (κ1) is 71.4. The van der Waals surface area contributed by atoms with Gasteiger partial charge in [-0.15, -0.1) is 4.20 Å². The molecule has 0 aliphatic rings. The Hall–Kier alpha value is -2.66. The van der Waals surface area contributed by atoms with Gasteiger partial charge < -0.3 is 18.5 Å². The molecule has 6 nitrogen and oxygen atoms in total. The molecule has 0 saturated carbocycles. The summed E-state index contributed by atoms with van der Waals surface area (Å²) in [7, 11) is -2.93. The summed E-state index contributed by atoms with van der Waals surface area (Å²) >= 11 is 0. The van der Waals surface area contributed by atoms with E-state index in [2.05, 4.69) is 121 Å². The number of carbonyl (C=O) groups excluding carboxylic acids is 2. The molecule has 0 fully saturated rings. The lowest BCUT2D eigenvalue weighted by atomic mass is 9.78. The fourth-order valence-electron chi connectivity index (χ4n) is 10.6. The number of halogens is 1. The van der Waals surface area contributed by atoms with Gasteiger partial charge in [-0.2, -0.15) is 0 Å². The summed E-state index contributed by atoms with van der Waals surface area (Å²) in [5.41, 5.74) is 3.96. The van der Waals surface area contributed by atoms with Crippen LogP contribution in [0.25, 0.3) is 0 Å². The van der Waals surface area contributed by atoms with E-state index in [0.717, 1.165) is 59.1 Å². The number of hydrogen-bond acceptors (Lipinski definition) is 6. The highest BCUT2D eigenvalue weighted by molar-refractivity contribution is 7.42. The van der Waals surface area contributed by atoms with Crippen molar-refractivity contribution >= 4 is 20.6 Å². The van der Waals surface area contributed by atoms with E-state index in [9.17, 15) is 9.59 Å². The second kappa shape index (κ2) is 39.7. The van der Waals surface area contributed by atoms with E-state index in [1.807, 2.05) is 0 Å². The molecule has 0 N–H and O–H groups in total. The van der Waals surface area contributed by atoms with Crippen molar-refractivity contribution in [1.82, 2.24) is 0 Å². The highest BCUT2D eigenvalue weighted by atomic mass is 31.2. The van der Waals surface area contributed by atoms with E-state index in [0.29, 0.717) is 37.6 Å². The number of unbranched alkanes of at least 4 members (excludes halogenated alkanes) is 30. The van der Waals surface area contributed by atoms with Gasteiger partial charge in [0.2, 0.25) is 0 Å². The van der Waals surface area contributed by atoms with Crippen molar-refractivity contribution in [2.75, 3.05) is 13.2 Å². The maximum Gasteiger partial charge on any atom is 0.505 e. The molecule has 2 aromatic carbocycles. The Kier molecular flexibility index (Phi) is 36.4. The Bertz CT molecular complexity index is 1690. The standard InChI is InChI=1S/C70H122FO6P/c1-15-17-19-21-23-25-27-29-31-33-35-37-39-41-43-45-51-74-63(72)49-47-57-53-59(67(3,4)5)65(60(54-57)68(6,7)8)76-78(71)77-66-61(69(9,10)11)55-58(56-62(66)70(12,13)14)48-50-64(73)75-52-46-44-42-40-38-36-34-32-30-28-26-24-22-20-18-16-2/h53-56H,15-52H2,1-14H3. The lowest BCUT2D eigenvalue weighted by Gasteiger charge is -2.32. The van der Waals surface area contributed by atoms with Gasteiger partial charge in [-0.1, -0.05) is 314 Å². The van der Waals surface area contributed by atoms with Crippen molar-refractivity contribution in [2.45, 2.75) is 350 Å². The van der Waals surface area contributed by atoms with Crippen molar-refractivity contribution in [2.24, 2.45) is 0 Å². The van der Waals surface area contributed by atoms with Gasteiger partial charge in [0.15, 0.2) is 0 Å². The molecular weight excluding hydrogens is 987 g/mol. The first-order valence-electron chi connectivity index (χ1n) is 32.5. The average molecular weight is 1110 g/mol. The van der Waals surface area contributed by atoms with Crippen molar-refractivity contribution in [1.29, 1.82) is 0 Å². The van der Waals surface area contributed by atoms with Crippen LogP contribution in [-0.4, -0.2) is 25.2 Å². The first-order chi connectivity index (χ1) is 37.0. The Balaban J connectivity index is 1.96. The topological polar surface area (TPSA) is 71.1 Å².